The zero-order valence-electron chi connectivity index (χ0n) is 32.3. The SMILES string of the molecule is C=CC[C@@H](CC(=O)N1Cc2ccccc2C[C@H]1CO)C(=O)N[C@@H](CCCCNC(=O)OCc1ccccc1)COC(=O)[C@@H](CC=C)NC(=O)OCc1ccccc1. The lowest BCUT2D eigenvalue weighted by atomic mass is 9.92. The van der Waals surface area contributed by atoms with Crippen molar-refractivity contribution in [1.29, 1.82) is 0 Å². The van der Waals surface area contributed by atoms with Gasteiger partial charge in [0.15, 0.2) is 0 Å². The molecule has 1 heterocycles. The van der Waals surface area contributed by atoms with Crippen molar-refractivity contribution in [1.82, 2.24) is 20.9 Å². The van der Waals surface area contributed by atoms with Crippen LogP contribution in [-0.2, 0) is 54.8 Å². The molecule has 0 unspecified atom stereocenters. The summed E-state index contributed by atoms with van der Waals surface area (Å²) in [4.78, 5) is 67.2. The lowest BCUT2D eigenvalue weighted by Crippen LogP contribution is -2.48. The van der Waals surface area contributed by atoms with Gasteiger partial charge >= 0.3 is 18.2 Å². The number of nitrogens with one attached hydrogen (secondary N) is 3. The number of carbonyl (C=O) groups is 5. The normalized spacial score (nSPS) is 14.8. The van der Waals surface area contributed by atoms with E-state index in [4.69, 9.17) is 14.2 Å². The molecule has 304 valence electrons. The zero-order chi connectivity index (χ0) is 40.8. The molecule has 1 aliphatic heterocycles. The Morgan fingerprint density at radius 3 is 2.02 bits per heavy atom. The van der Waals surface area contributed by atoms with Crippen LogP contribution < -0.4 is 16.0 Å². The van der Waals surface area contributed by atoms with Crippen molar-refractivity contribution < 1.29 is 43.3 Å². The number of fused-ring (bicyclic) bond motifs is 1. The number of alkyl carbamates (subject to hydrolysis) is 2. The van der Waals surface area contributed by atoms with Crippen LogP contribution in [0.2, 0.25) is 0 Å². The fourth-order valence-corrected chi connectivity index (χ4v) is 6.42. The summed E-state index contributed by atoms with van der Waals surface area (Å²) >= 11 is 0. The molecule has 4 amide bonds. The minimum atomic E-state index is -1.09. The molecule has 3 aromatic carbocycles. The second kappa shape index (κ2) is 23.9. The highest BCUT2D eigenvalue weighted by Crippen LogP contribution is 2.25. The van der Waals surface area contributed by atoms with Crippen molar-refractivity contribution in [3.8, 4) is 0 Å². The predicted octanol–water partition coefficient (Wildman–Crippen LogP) is 5.51. The highest BCUT2D eigenvalue weighted by molar-refractivity contribution is 5.86. The van der Waals surface area contributed by atoms with Crippen molar-refractivity contribution in [2.45, 2.75) is 82.8 Å². The summed E-state index contributed by atoms with van der Waals surface area (Å²) in [6.07, 6.45) is 3.78. The van der Waals surface area contributed by atoms with Crippen LogP contribution >= 0.6 is 0 Å². The summed E-state index contributed by atoms with van der Waals surface area (Å²) in [5.74, 6) is -2.21. The number of benzene rings is 3. The van der Waals surface area contributed by atoms with E-state index >= 15 is 0 Å². The van der Waals surface area contributed by atoms with E-state index in [0.717, 1.165) is 22.3 Å². The van der Waals surface area contributed by atoms with E-state index in [1.54, 1.807) is 23.1 Å². The molecule has 13 heteroatoms. The molecule has 13 nitrogen and oxygen atoms in total. The number of carbonyl (C=O) groups excluding carboxylic acids is 5. The van der Waals surface area contributed by atoms with Gasteiger partial charge in [-0.15, -0.1) is 13.2 Å². The Balaban J connectivity index is 1.36. The molecule has 0 radical (unpaired) electrons. The maximum atomic E-state index is 13.8. The number of esters is 1. The largest absolute Gasteiger partial charge is 0.462 e. The number of unbranched alkanes of at least 4 members (excludes halogenated alkanes) is 1. The summed E-state index contributed by atoms with van der Waals surface area (Å²) in [5.41, 5.74) is 3.71. The fourth-order valence-electron chi connectivity index (χ4n) is 6.42. The van der Waals surface area contributed by atoms with Gasteiger partial charge in [-0.05, 0) is 60.8 Å². The minimum Gasteiger partial charge on any atom is -0.462 e. The predicted molar refractivity (Wildman–Crippen MR) is 214 cm³/mol. The molecule has 3 aromatic rings. The van der Waals surface area contributed by atoms with Crippen molar-refractivity contribution in [2.75, 3.05) is 19.8 Å². The Morgan fingerprint density at radius 2 is 1.39 bits per heavy atom. The zero-order valence-corrected chi connectivity index (χ0v) is 32.3. The van der Waals surface area contributed by atoms with Crippen molar-refractivity contribution in [3.63, 3.8) is 0 Å². The van der Waals surface area contributed by atoms with E-state index in [1.165, 1.54) is 6.08 Å². The molecule has 0 fully saturated rings. The van der Waals surface area contributed by atoms with Gasteiger partial charge in [0.05, 0.1) is 24.6 Å². The van der Waals surface area contributed by atoms with E-state index in [9.17, 15) is 29.1 Å². The Morgan fingerprint density at radius 1 is 0.772 bits per heavy atom. The van der Waals surface area contributed by atoms with Crippen LogP contribution in [0.25, 0.3) is 0 Å². The number of hydrogen-bond donors (Lipinski definition) is 4. The van der Waals surface area contributed by atoms with Gasteiger partial charge in [0, 0.05) is 19.5 Å². The van der Waals surface area contributed by atoms with Gasteiger partial charge in [0.2, 0.25) is 11.8 Å². The Hall–Kier alpha value is -5.95. The fraction of sp³-hybridized carbons (Fsp3) is 0.386. The molecule has 0 saturated carbocycles. The Bertz CT molecular complexity index is 1770. The van der Waals surface area contributed by atoms with Gasteiger partial charge in [-0.3, -0.25) is 9.59 Å². The third kappa shape index (κ3) is 14.9. The monoisotopic (exact) mass is 782 g/mol. The number of rotatable bonds is 22. The maximum Gasteiger partial charge on any atom is 0.408 e. The van der Waals surface area contributed by atoms with Gasteiger partial charge in [-0.1, -0.05) is 97.1 Å². The number of allylic oxidation sites excluding steroid dienone is 1. The number of amides is 4. The van der Waals surface area contributed by atoms with Crippen LogP contribution in [0.5, 0.6) is 0 Å². The highest BCUT2D eigenvalue weighted by Gasteiger charge is 2.32. The van der Waals surface area contributed by atoms with Gasteiger partial charge in [-0.25, -0.2) is 14.4 Å². The van der Waals surface area contributed by atoms with Crippen molar-refractivity contribution >= 4 is 30.0 Å². The van der Waals surface area contributed by atoms with E-state index in [-0.39, 0.29) is 51.6 Å². The topological polar surface area (TPSA) is 173 Å². The van der Waals surface area contributed by atoms with Crippen LogP contribution in [0, 0.1) is 5.92 Å². The number of hydrogen-bond acceptors (Lipinski definition) is 9. The van der Waals surface area contributed by atoms with Crippen LogP contribution in [0.15, 0.2) is 110 Å². The van der Waals surface area contributed by atoms with Crippen LogP contribution in [0.4, 0.5) is 9.59 Å². The summed E-state index contributed by atoms with van der Waals surface area (Å²) in [6.45, 7) is 7.83. The first kappa shape index (κ1) is 43.8. The van der Waals surface area contributed by atoms with Gasteiger partial charge in [0.1, 0.15) is 25.9 Å². The molecule has 4 atom stereocenters. The summed E-state index contributed by atoms with van der Waals surface area (Å²) in [7, 11) is 0. The van der Waals surface area contributed by atoms with Crippen LogP contribution in [0.3, 0.4) is 0 Å². The number of aliphatic hydroxyl groups is 1. The van der Waals surface area contributed by atoms with Crippen LogP contribution in [0.1, 0.15) is 60.8 Å². The molecule has 1 aliphatic rings. The van der Waals surface area contributed by atoms with Gasteiger partial charge in [0.25, 0.3) is 0 Å². The van der Waals surface area contributed by atoms with E-state index < -0.39 is 48.1 Å². The molecule has 0 aromatic heterocycles. The second-order valence-electron chi connectivity index (χ2n) is 13.9. The Labute approximate surface area is 334 Å². The summed E-state index contributed by atoms with van der Waals surface area (Å²) in [6, 6.07) is 24.0. The van der Waals surface area contributed by atoms with E-state index in [0.29, 0.717) is 38.8 Å². The van der Waals surface area contributed by atoms with Crippen molar-refractivity contribution in [2.24, 2.45) is 5.92 Å². The molecule has 0 aliphatic carbocycles. The molecular formula is C44H54N4O9. The number of aliphatic hydroxyl groups excluding tert-OH is 1. The average Bonchev–Trinajstić information content (AvgIpc) is 3.23. The molecule has 4 rings (SSSR count). The third-order valence-corrected chi connectivity index (χ3v) is 9.56. The summed E-state index contributed by atoms with van der Waals surface area (Å²) < 4.78 is 16.2. The number of nitrogens with zero attached hydrogens (tertiary/aromatic N) is 1. The molecule has 57 heavy (non-hydrogen) atoms. The lowest BCUT2D eigenvalue weighted by Gasteiger charge is -2.36. The van der Waals surface area contributed by atoms with Crippen molar-refractivity contribution in [3.05, 3.63) is 132 Å². The van der Waals surface area contributed by atoms with Crippen LogP contribution in [-0.4, -0.2) is 77.9 Å². The lowest BCUT2D eigenvalue weighted by molar-refractivity contribution is -0.147. The third-order valence-electron chi connectivity index (χ3n) is 9.56. The highest BCUT2D eigenvalue weighted by atomic mass is 16.6. The molecule has 4 N–H and O–H groups in total. The maximum absolute atomic E-state index is 13.8. The average molecular weight is 783 g/mol. The van der Waals surface area contributed by atoms with E-state index in [2.05, 4.69) is 29.1 Å². The smallest absolute Gasteiger partial charge is 0.408 e. The summed E-state index contributed by atoms with van der Waals surface area (Å²) in [5, 5.41) is 18.3. The molecular weight excluding hydrogens is 729 g/mol. The molecule has 0 bridgehead atoms. The first-order valence-corrected chi connectivity index (χ1v) is 19.3. The van der Waals surface area contributed by atoms with Gasteiger partial charge < -0.3 is 40.2 Å². The first-order chi connectivity index (χ1) is 27.7. The quantitative estimate of drug-likeness (QED) is 0.0444. The van der Waals surface area contributed by atoms with Gasteiger partial charge in [-0.2, -0.15) is 0 Å². The number of ether oxygens (including phenoxy) is 3. The van der Waals surface area contributed by atoms with E-state index in [1.807, 2.05) is 72.8 Å². The minimum absolute atomic E-state index is 0.0102. The first-order valence-electron chi connectivity index (χ1n) is 19.3. The molecule has 0 spiro atoms. The standard InChI is InChI=1S/C44H54N4O9/c1-3-15-35(26-40(50)48-27-36-22-12-11-21-34(36)25-38(48)28-49)41(51)46-37(23-13-14-24-45-43(53)56-29-32-17-7-5-8-18-32)31-55-42(52)39(16-4-2)47-44(54)57-30-33-19-9-6-10-20-33/h3-12,17-22,35,37-39,49H,1-2,13-16,23-31H2,(H,45,53)(H,46,51)(H,47,54)/t35-,37-,38-,39+/m0/s1. The second-order valence-corrected chi connectivity index (χ2v) is 13.9. The molecule has 0 saturated heterocycles. The Kier molecular flexibility index (Phi) is 18.3.